The lowest BCUT2D eigenvalue weighted by Crippen LogP contribution is -2.61. The summed E-state index contributed by atoms with van der Waals surface area (Å²) in [5.74, 6) is -0.163. The van der Waals surface area contributed by atoms with Gasteiger partial charge in [-0.2, -0.15) is 0 Å². The van der Waals surface area contributed by atoms with Crippen LogP contribution in [0, 0.1) is 5.41 Å². The molecule has 1 saturated heterocycles. The third kappa shape index (κ3) is 3.31. The Kier molecular flexibility index (Phi) is 4.04. The number of hydrogen-bond acceptors (Lipinski definition) is 2. The van der Waals surface area contributed by atoms with Crippen molar-refractivity contribution in [3.8, 4) is 0 Å². The summed E-state index contributed by atoms with van der Waals surface area (Å²) in [6.45, 7) is 6.33. The molecule has 0 bridgehead atoms. The number of carbonyl (C=O) groups excluding carboxylic acids is 2. The van der Waals surface area contributed by atoms with E-state index < -0.39 is 6.04 Å². The van der Waals surface area contributed by atoms with Crippen molar-refractivity contribution in [3.63, 3.8) is 0 Å². The fourth-order valence-electron chi connectivity index (χ4n) is 2.28. The number of hydrogen-bond donors (Lipinski definition) is 1. The van der Waals surface area contributed by atoms with Crippen LogP contribution in [0.1, 0.15) is 26.3 Å². The van der Waals surface area contributed by atoms with E-state index in [2.05, 4.69) is 5.32 Å². The Morgan fingerprint density at radius 2 is 2.05 bits per heavy atom. The molecule has 108 valence electrons. The van der Waals surface area contributed by atoms with Crippen molar-refractivity contribution in [3.05, 3.63) is 34.9 Å². The highest BCUT2D eigenvalue weighted by molar-refractivity contribution is 6.30. The molecule has 4 nitrogen and oxygen atoms in total. The van der Waals surface area contributed by atoms with E-state index >= 15 is 0 Å². The van der Waals surface area contributed by atoms with Crippen LogP contribution < -0.4 is 5.32 Å². The van der Waals surface area contributed by atoms with Crippen molar-refractivity contribution >= 4 is 23.4 Å². The number of nitrogens with zero attached hydrogens (tertiary/aromatic N) is 1. The Balaban J connectivity index is 2.18. The topological polar surface area (TPSA) is 49.4 Å². The fraction of sp³-hybridized carbons (Fsp3) is 0.467. The molecule has 2 amide bonds. The largest absolute Gasteiger partial charge is 0.342 e. The molecule has 5 heteroatoms. The number of carbonyl (C=O) groups is 2. The van der Waals surface area contributed by atoms with Gasteiger partial charge in [-0.1, -0.05) is 44.5 Å². The maximum atomic E-state index is 12.5. The zero-order chi connectivity index (χ0) is 14.9. The van der Waals surface area contributed by atoms with Gasteiger partial charge in [0.25, 0.3) is 0 Å². The Morgan fingerprint density at radius 1 is 1.35 bits per heavy atom. The molecule has 2 rings (SSSR count). The van der Waals surface area contributed by atoms with Gasteiger partial charge >= 0.3 is 0 Å². The highest BCUT2D eigenvalue weighted by Gasteiger charge is 2.39. The number of rotatable bonds is 2. The minimum Gasteiger partial charge on any atom is -0.342 e. The maximum absolute atomic E-state index is 12.5. The zero-order valence-electron chi connectivity index (χ0n) is 11.9. The van der Waals surface area contributed by atoms with E-state index in [-0.39, 0.29) is 23.8 Å². The van der Waals surface area contributed by atoms with Gasteiger partial charge in [-0.15, -0.1) is 0 Å². The van der Waals surface area contributed by atoms with Crippen molar-refractivity contribution in [2.45, 2.75) is 33.4 Å². The summed E-state index contributed by atoms with van der Waals surface area (Å²) in [6.07, 6.45) is 0. The van der Waals surface area contributed by atoms with Crippen LogP contribution in [0.5, 0.6) is 0 Å². The molecule has 20 heavy (non-hydrogen) atoms. The molecule has 0 aliphatic carbocycles. The van der Waals surface area contributed by atoms with Gasteiger partial charge < -0.3 is 10.2 Å². The molecular formula is C15H19ClN2O2. The second-order valence-electron chi connectivity index (χ2n) is 6.19. The molecular weight excluding hydrogens is 276 g/mol. The lowest BCUT2D eigenvalue weighted by molar-refractivity contribution is -0.147. The first-order chi connectivity index (χ1) is 9.27. The van der Waals surface area contributed by atoms with Crippen LogP contribution in [0.15, 0.2) is 24.3 Å². The molecule has 1 aliphatic heterocycles. The quantitative estimate of drug-likeness (QED) is 0.909. The van der Waals surface area contributed by atoms with E-state index in [4.69, 9.17) is 11.6 Å². The van der Waals surface area contributed by atoms with Crippen LogP contribution in [0.25, 0.3) is 0 Å². The van der Waals surface area contributed by atoms with Gasteiger partial charge in [0.1, 0.15) is 6.04 Å². The van der Waals surface area contributed by atoms with E-state index in [0.29, 0.717) is 11.6 Å². The lowest BCUT2D eigenvalue weighted by Gasteiger charge is -2.38. The molecule has 1 N–H and O–H groups in total. The Hall–Kier alpha value is -1.55. The smallest absolute Gasteiger partial charge is 0.246 e. The van der Waals surface area contributed by atoms with Gasteiger partial charge in [0.15, 0.2) is 0 Å². The molecule has 0 spiro atoms. The summed E-state index contributed by atoms with van der Waals surface area (Å²) in [4.78, 5) is 25.9. The summed E-state index contributed by atoms with van der Waals surface area (Å²) in [5.41, 5.74) is 0.618. The molecule has 1 fully saturated rings. The Morgan fingerprint density at radius 3 is 2.65 bits per heavy atom. The first kappa shape index (κ1) is 14.9. The van der Waals surface area contributed by atoms with E-state index in [1.54, 1.807) is 11.0 Å². The number of nitrogens with one attached hydrogen (secondary N) is 1. The van der Waals surface area contributed by atoms with Gasteiger partial charge in [0.2, 0.25) is 11.8 Å². The Labute approximate surface area is 124 Å². The average molecular weight is 295 g/mol. The van der Waals surface area contributed by atoms with Crippen LogP contribution in [0.4, 0.5) is 0 Å². The molecule has 1 aliphatic rings. The SMILES string of the molecule is CC(C)(C)C1NC(=O)CN(Cc2cccc(Cl)c2)C1=O. The van der Waals surface area contributed by atoms with Crippen LogP contribution in [0.3, 0.4) is 0 Å². The summed E-state index contributed by atoms with van der Waals surface area (Å²) in [6, 6.07) is 6.86. The number of piperazine rings is 1. The zero-order valence-corrected chi connectivity index (χ0v) is 12.7. The van der Waals surface area contributed by atoms with Crippen LogP contribution in [-0.2, 0) is 16.1 Å². The second-order valence-corrected chi connectivity index (χ2v) is 6.63. The highest BCUT2D eigenvalue weighted by Crippen LogP contribution is 2.24. The molecule has 1 heterocycles. The number of benzene rings is 1. The summed E-state index contributed by atoms with van der Waals surface area (Å²) < 4.78 is 0. The van der Waals surface area contributed by atoms with Crippen LogP contribution >= 0.6 is 11.6 Å². The second kappa shape index (κ2) is 5.44. The van der Waals surface area contributed by atoms with Gasteiger partial charge in [-0.05, 0) is 23.1 Å². The fourth-order valence-corrected chi connectivity index (χ4v) is 2.49. The summed E-state index contributed by atoms with van der Waals surface area (Å²) >= 11 is 5.95. The van der Waals surface area contributed by atoms with Crippen molar-refractivity contribution < 1.29 is 9.59 Å². The molecule has 1 aromatic carbocycles. The van der Waals surface area contributed by atoms with Gasteiger partial charge in [0.05, 0.1) is 6.54 Å². The number of amides is 2. The average Bonchev–Trinajstić information content (AvgIpc) is 2.32. The minimum absolute atomic E-state index is 0.0444. The normalized spacial score (nSPS) is 20.0. The first-order valence-corrected chi connectivity index (χ1v) is 6.98. The number of halogens is 1. The standard InChI is InChI=1S/C15H19ClN2O2/c1-15(2,3)13-14(20)18(9-12(19)17-13)8-10-5-4-6-11(16)7-10/h4-7,13H,8-9H2,1-3H3,(H,17,19). The molecule has 1 unspecified atom stereocenters. The molecule has 0 saturated carbocycles. The van der Waals surface area contributed by atoms with Crippen molar-refractivity contribution in [2.24, 2.45) is 5.41 Å². The summed E-state index contributed by atoms with van der Waals surface area (Å²) in [7, 11) is 0. The van der Waals surface area contributed by atoms with Crippen LogP contribution in [0.2, 0.25) is 5.02 Å². The van der Waals surface area contributed by atoms with E-state index in [1.165, 1.54) is 0 Å². The minimum atomic E-state index is -0.483. The van der Waals surface area contributed by atoms with Crippen molar-refractivity contribution in [2.75, 3.05) is 6.54 Å². The Bertz CT molecular complexity index is 537. The van der Waals surface area contributed by atoms with Gasteiger partial charge in [-0.25, -0.2) is 0 Å². The van der Waals surface area contributed by atoms with Gasteiger partial charge in [0, 0.05) is 11.6 Å². The first-order valence-electron chi connectivity index (χ1n) is 6.60. The van der Waals surface area contributed by atoms with E-state index in [9.17, 15) is 9.59 Å². The maximum Gasteiger partial charge on any atom is 0.246 e. The third-order valence-electron chi connectivity index (χ3n) is 3.33. The summed E-state index contributed by atoms with van der Waals surface area (Å²) in [5, 5.41) is 3.41. The predicted molar refractivity (Wildman–Crippen MR) is 78.3 cm³/mol. The van der Waals surface area contributed by atoms with Crippen molar-refractivity contribution in [1.82, 2.24) is 10.2 Å². The van der Waals surface area contributed by atoms with E-state index in [0.717, 1.165) is 5.56 Å². The van der Waals surface area contributed by atoms with Crippen molar-refractivity contribution in [1.29, 1.82) is 0 Å². The third-order valence-corrected chi connectivity index (χ3v) is 3.56. The highest BCUT2D eigenvalue weighted by atomic mass is 35.5. The predicted octanol–water partition coefficient (Wildman–Crippen LogP) is 2.21. The molecule has 0 radical (unpaired) electrons. The van der Waals surface area contributed by atoms with Gasteiger partial charge in [-0.3, -0.25) is 9.59 Å². The molecule has 0 aromatic heterocycles. The molecule has 1 aromatic rings. The lowest BCUT2D eigenvalue weighted by atomic mass is 9.84. The van der Waals surface area contributed by atoms with E-state index in [1.807, 2.05) is 39.0 Å². The molecule has 1 atom stereocenters. The monoisotopic (exact) mass is 294 g/mol. The van der Waals surface area contributed by atoms with Crippen LogP contribution in [-0.4, -0.2) is 29.3 Å².